The fraction of sp³-hybridized carbons (Fsp3) is 0.250. The zero-order valence-electron chi connectivity index (χ0n) is 18.9. The van der Waals surface area contributed by atoms with Gasteiger partial charge in [-0.1, -0.05) is 86.1 Å². The smallest absolute Gasteiger partial charge is 0.166 e. The van der Waals surface area contributed by atoms with Crippen LogP contribution in [0, 0.1) is 11.3 Å². The minimum atomic E-state index is -0.163. The van der Waals surface area contributed by atoms with Gasteiger partial charge in [-0.05, 0) is 29.2 Å². The van der Waals surface area contributed by atoms with E-state index in [1.54, 1.807) is 0 Å². The van der Waals surface area contributed by atoms with Gasteiger partial charge in [0.2, 0.25) is 0 Å². The van der Waals surface area contributed by atoms with Crippen LogP contribution >= 0.6 is 0 Å². The monoisotopic (exact) mass is 436 g/mol. The molecular formula is C28H28N4O. The van der Waals surface area contributed by atoms with Crippen LogP contribution in [0.4, 0.5) is 0 Å². The van der Waals surface area contributed by atoms with Crippen molar-refractivity contribution in [3.05, 3.63) is 95.6 Å². The maximum atomic E-state index is 12.8. The maximum absolute atomic E-state index is 12.8. The first-order valence-electron chi connectivity index (χ1n) is 11.4. The van der Waals surface area contributed by atoms with Crippen molar-refractivity contribution in [3.63, 3.8) is 0 Å². The van der Waals surface area contributed by atoms with Crippen LogP contribution < -0.4 is 5.43 Å². The molecule has 1 atom stereocenters. The Kier molecular flexibility index (Phi) is 7.16. The number of amidine groups is 1. The minimum Gasteiger partial charge on any atom is -0.332 e. The van der Waals surface area contributed by atoms with E-state index in [4.69, 9.17) is 0 Å². The summed E-state index contributed by atoms with van der Waals surface area (Å²) in [5.41, 5.74) is 7.68. The number of nitrogens with one attached hydrogen (secondary N) is 1. The summed E-state index contributed by atoms with van der Waals surface area (Å²) >= 11 is 0. The van der Waals surface area contributed by atoms with E-state index in [0.717, 1.165) is 47.4 Å². The Hall–Kier alpha value is -3.91. The molecule has 33 heavy (non-hydrogen) atoms. The van der Waals surface area contributed by atoms with Gasteiger partial charge in [0.25, 0.3) is 0 Å². The Morgan fingerprint density at radius 1 is 1.03 bits per heavy atom. The largest absolute Gasteiger partial charge is 0.332 e. The number of rotatable bonds is 9. The highest BCUT2D eigenvalue weighted by Crippen LogP contribution is 2.25. The molecule has 5 heteroatoms. The summed E-state index contributed by atoms with van der Waals surface area (Å²) < 4.78 is 0. The number of hydrazone groups is 1. The van der Waals surface area contributed by atoms with E-state index in [9.17, 15) is 10.1 Å². The molecule has 0 amide bonds. The van der Waals surface area contributed by atoms with Gasteiger partial charge in [0.15, 0.2) is 5.78 Å². The van der Waals surface area contributed by atoms with Crippen LogP contribution in [0.2, 0.25) is 0 Å². The number of hydrogen-bond acceptors (Lipinski definition) is 5. The van der Waals surface area contributed by atoms with Crippen LogP contribution in [0.1, 0.15) is 54.1 Å². The molecule has 5 nitrogen and oxygen atoms in total. The summed E-state index contributed by atoms with van der Waals surface area (Å²) in [6.07, 6.45) is 3.22. The van der Waals surface area contributed by atoms with Gasteiger partial charge in [-0.2, -0.15) is 10.4 Å². The van der Waals surface area contributed by atoms with Crippen molar-refractivity contribution in [2.75, 3.05) is 0 Å². The first kappa shape index (κ1) is 22.3. The number of benzene rings is 3. The van der Waals surface area contributed by atoms with Gasteiger partial charge in [-0.15, -0.1) is 0 Å². The molecule has 0 aromatic heterocycles. The van der Waals surface area contributed by atoms with Crippen molar-refractivity contribution in [3.8, 4) is 17.2 Å². The van der Waals surface area contributed by atoms with Crippen LogP contribution in [-0.2, 0) is 6.54 Å². The van der Waals surface area contributed by atoms with Crippen molar-refractivity contribution >= 4 is 11.6 Å². The Labute approximate surface area is 195 Å². The van der Waals surface area contributed by atoms with Crippen LogP contribution in [0.3, 0.4) is 0 Å². The summed E-state index contributed by atoms with van der Waals surface area (Å²) in [4.78, 5) is 15.1. The first-order valence-corrected chi connectivity index (χ1v) is 11.4. The number of nitriles is 1. The summed E-state index contributed by atoms with van der Waals surface area (Å²) in [7, 11) is 0. The molecule has 0 aliphatic carbocycles. The molecule has 0 saturated carbocycles. The Balaban J connectivity index is 1.51. The number of carbonyl (C=O) groups is 1. The lowest BCUT2D eigenvalue weighted by molar-refractivity contribution is 0.0942. The van der Waals surface area contributed by atoms with Gasteiger partial charge in [0.05, 0.1) is 18.1 Å². The van der Waals surface area contributed by atoms with E-state index < -0.39 is 0 Å². The van der Waals surface area contributed by atoms with E-state index in [1.807, 2.05) is 54.6 Å². The molecule has 166 valence electrons. The van der Waals surface area contributed by atoms with Crippen LogP contribution in [0.25, 0.3) is 11.1 Å². The highest BCUT2D eigenvalue weighted by Gasteiger charge is 2.29. The fourth-order valence-electron chi connectivity index (χ4n) is 4.09. The predicted molar refractivity (Wildman–Crippen MR) is 131 cm³/mol. The molecule has 1 aliphatic rings. The quantitative estimate of drug-likeness (QED) is 0.435. The summed E-state index contributed by atoms with van der Waals surface area (Å²) in [6, 6.07) is 27.6. The van der Waals surface area contributed by atoms with Gasteiger partial charge in [0, 0.05) is 18.5 Å². The average Bonchev–Trinajstić information content (AvgIpc) is 3.24. The molecule has 0 fully saturated rings. The number of Topliss-reactive ketones (excluding diaryl/α,β-unsaturated/α-hetero) is 1. The SMILES string of the molecule is CCCCC1=NNC(CC(=O)c2ccccc2)N1Cc1ccc(-c2ccccc2C#N)cc1. The maximum Gasteiger partial charge on any atom is 0.166 e. The van der Waals surface area contributed by atoms with Crippen molar-refractivity contribution in [2.45, 2.75) is 45.3 Å². The molecule has 0 saturated heterocycles. The normalized spacial score (nSPS) is 15.0. The third kappa shape index (κ3) is 5.30. The number of nitrogens with zero attached hydrogens (tertiary/aromatic N) is 3. The highest BCUT2D eigenvalue weighted by molar-refractivity contribution is 5.97. The molecule has 3 aromatic rings. The van der Waals surface area contributed by atoms with E-state index in [-0.39, 0.29) is 11.9 Å². The van der Waals surface area contributed by atoms with Crippen LogP contribution in [0.15, 0.2) is 84.0 Å². The lowest BCUT2D eigenvalue weighted by atomic mass is 9.99. The van der Waals surface area contributed by atoms with E-state index in [1.165, 1.54) is 0 Å². The van der Waals surface area contributed by atoms with Gasteiger partial charge in [-0.3, -0.25) is 10.2 Å². The second-order valence-electron chi connectivity index (χ2n) is 8.25. The minimum absolute atomic E-state index is 0.105. The Morgan fingerprint density at radius 3 is 2.48 bits per heavy atom. The van der Waals surface area contributed by atoms with Crippen molar-refractivity contribution in [1.82, 2.24) is 10.3 Å². The third-order valence-corrected chi connectivity index (χ3v) is 5.94. The molecule has 1 heterocycles. The zero-order valence-corrected chi connectivity index (χ0v) is 18.9. The van der Waals surface area contributed by atoms with Crippen molar-refractivity contribution in [1.29, 1.82) is 5.26 Å². The van der Waals surface area contributed by atoms with Gasteiger partial charge < -0.3 is 4.90 Å². The molecule has 1 N–H and O–H groups in total. The molecule has 1 aliphatic heterocycles. The fourth-order valence-corrected chi connectivity index (χ4v) is 4.09. The van der Waals surface area contributed by atoms with E-state index in [0.29, 0.717) is 18.5 Å². The summed E-state index contributed by atoms with van der Waals surface area (Å²) in [6.45, 7) is 2.84. The molecule has 0 spiro atoms. The highest BCUT2D eigenvalue weighted by atomic mass is 16.1. The topological polar surface area (TPSA) is 68.5 Å². The van der Waals surface area contributed by atoms with E-state index >= 15 is 0 Å². The van der Waals surface area contributed by atoms with Crippen LogP contribution in [-0.4, -0.2) is 22.7 Å². The third-order valence-electron chi connectivity index (χ3n) is 5.94. The van der Waals surface area contributed by atoms with Gasteiger partial charge >= 0.3 is 0 Å². The summed E-state index contributed by atoms with van der Waals surface area (Å²) in [5.74, 6) is 1.11. The van der Waals surface area contributed by atoms with Gasteiger partial charge in [0.1, 0.15) is 12.0 Å². The number of hydrogen-bond donors (Lipinski definition) is 1. The standard InChI is InChI=1S/C28H28N4O/c1-2-3-13-27-30-31-28(18-26(33)23-9-5-4-6-10-23)32(27)20-21-14-16-22(17-15-21)25-12-8-7-11-24(25)19-29/h4-12,14-17,28,31H,2-3,13,18,20H2,1H3. The lowest BCUT2D eigenvalue weighted by Gasteiger charge is -2.27. The van der Waals surface area contributed by atoms with Crippen LogP contribution in [0.5, 0.6) is 0 Å². The average molecular weight is 437 g/mol. The molecule has 1 unspecified atom stereocenters. The van der Waals surface area contributed by atoms with Crippen molar-refractivity contribution in [2.24, 2.45) is 5.10 Å². The van der Waals surface area contributed by atoms with Crippen molar-refractivity contribution < 1.29 is 4.79 Å². The molecular weight excluding hydrogens is 408 g/mol. The van der Waals surface area contributed by atoms with Gasteiger partial charge in [-0.25, -0.2) is 0 Å². The molecule has 4 rings (SSSR count). The summed E-state index contributed by atoms with van der Waals surface area (Å²) in [5, 5.41) is 14.0. The number of ketones is 1. The zero-order chi connectivity index (χ0) is 23.0. The predicted octanol–water partition coefficient (Wildman–Crippen LogP) is 5.73. The Morgan fingerprint density at radius 2 is 1.76 bits per heavy atom. The molecule has 0 bridgehead atoms. The number of carbonyl (C=O) groups excluding carboxylic acids is 1. The molecule has 0 radical (unpaired) electrons. The van der Waals surface area contributed by atoms with E-state index in [2.05, 4.69) is 52.7 Å². The lowest BCUT2D eigenvalue weighted by Crippen LogP contribution is -2.41. The first-order chi connectivity index (χ1) is 16.2. The number of unbranched alkanes of at least 4 members (excludes halogenated alkanes) is 1. The molecule has 3 aromatic carbocycles. The second kappa shape index (κ2) is 10.6. The second-order valence-corrected chi connectivity index (χ2v) is 8.25. The Bertz CT molecular complexity index is 1160.